The van der Waals surface area contributed by atoms with Crippen molar-refractivity contribution in [3.05, 3.63) is 71.0 Å². The lowest BCUT2D eigenvalue weighted by Gasteiger charge is -2.34. The van der Waals surface area contributed by atoms with Gasteiger partial charge in [0.2, 0.25) is 0 Å². The van der Waals surface area contributed by atoms with Gasteiger partial charge in [0.05, 0.1) is 12.1 Å². The largest absolute Gasteiger partial charge is 0.416 e. The topological polar surface area (TPSA) is 62.5 Å². The van der Waals surface area contributed by atoms with E-state index in [1.165, 1.54) is 12.1 Å². The van der Waals surface area contributed by atoms with Crippen molar-refractivity contribution < 1.29 is 22.5 Å². The van der Waals surface area contributed by atoms with Crippen LogP contribution in [0.3, 0.4) is 0 Å². The Morgan fingerprint density at radius 1 is 1.06 bits per heavy atom. The Labute approximate surface area is 177 Å². The SMILES string of the molecule is Cc1cccc(-c2nc(CN3CCN(C(=O)c4cccc(C(F)(F)F)c4)CC3)no2)c1. The summed E-state index contributed by atoms with van der Waals surface area (Å²) in [7, 11) is 0. The van der Waals surface area contributed by atoms with Crippen LogP contribution in [-0.2, 0) is 12.7 Å². The number of alkyl halides is 3. The van der Waals surface area contributed by atoms with Gasteiger partial charge in [-0.3, -0.25) is 9.69 Å². The molecule has 1 aliphatic rings. The van der Waals surface area contributed by atoms with Crippen LogP contribution in [-0.4, -0.2) is 52.0 Å². The Morgan fingerprint density at radius 3 is 2.52 bits per heavy atom. The Morgan fingerprint density at radius 2 is 1.81 bits per heavy atom. The van der Waals surface area contributed by atoms with Crippen molar-refractivity contribution in [3.8, 4) is 11.5 Å². The molecule has 1 fully saturated rings. The fourth-order valence-electron chi connectivity index (χ4n) is 3.53. The van der Waals surface area contributed by atoms with Crippen LogP contribution in [0.4, 0.5) is 13.2 Å². The van der Waals surface area contributed by atoms with Crippen molar-refractivity contribution >= 4 is 5.91 Å². The first-order valence-corrected chi connectivity index (χ1v) is 9.88. The first-order valence-electron chi connectivity index (χ1n) is 9.88. The molecule has 0 saturated carbocycles. The number of hydrogen-bond acceptors (Lipinski definition) is 5. The van der Waals surface area contributed by atoms with E-state index in [0.29, 0.717) is 44.4 Å². The maximum Gasteiger partial charge on any atom is 0.416 e. The fraction of sp³-hybridized carbons (Fsp3) is 0.318. The second-order valence-electron chi connectivity index (χ2n) is 7.53. The molecule has 0 bridgehead atoms. The summed E-state index contributed by atoms with van der Waals surface area (Å²) in [6, 6.07) is 12.3. The molecular weight excluding hydrogens is 409 g/mol. The Kier molecular flexibility index (Phi) is 5.77. The number of hydrogen-bond donors (Lipinski definition) is 0. The van der Waals surface area contributed by atoms with E-state index in [4.69, 9.17) is 4.52 Å². The van der Waals surface area contributed by atoms with E-state index in [-0.39, 0.29) is 5.56 Å². The summed E-state index contributed by atoms with van der Waals surface area (Å²) in [4.78, 5) is 20.7. The lowest BCUT2D eigenvalue weighted by atomic mass is 10.1. The maximum atomic E-state index is 12.9. The van der Waals surface area contributed by atoms with Gasteiger partial charge in [0.1, 0.15) is 0 Å². The van der Waals surface area contributed by atoms with Gasteiger partial charge < -0.3 is 9.42 Å². The number of benzene rings is 2. The standard InChI is InChI=1S/C22H21F3N4O2/c1-15-4-2-5-16(12-15)20-26-19(27-31-20)14-28-8-10-29(11-9-28)21(30)17-6-3-7-18(13-17)22(23,24)25/h2-7,12-13H,8-11,14H2,1H3. The molecule has 1 saturated heterocycles. The Balaban J connectivity index is 1.35. The van der Waals surface area contributed by atoms with Gasteiger partial charge in [-0.05, 0) is 37.3 Å². The van der Waals surface area contributed by atoms with Gasteiger partial charge in [-0.15, -0.1) is 0 Å². The second kappa shape index (κ2) is 8.50. The van der Waals surface area contributed by atoms with E-state index < -0.39 is 17.6 Å². The van der Waals surface area contributed by atoms with Crippen molar-refractivity contribution in [2.45, 2.75) is 19.6 Å². The fourth-order valence-corrected chi connectivity index (χ4v) is 3.53. The Hall–Kier alpha value is -3.20. The van der Waals surface area contributed by atoms with E-state index in [1.54, 1.807) is 4.90 Å². The van der Waals surface area contributed by atoms with Crippen molar-refractivity contribution in [2.75, 3.05) is 26.2 Å². The lowest BCUT2D eigenvalue weighted by molar-refractivity contribution is -0.137. The van der Waals surface area contributed by atoms with Gasteiger partial charge in [0, 0.05) is 37.3 Å². The zero-order valence-electron chi connectivity index (χ0n) is 16.9. The van der Waals surface area contributed by atoms with Gasteiger partial charge in [0.25, 0.3) is 11.8 Å². The smallest absolute Gasteiger partial charge is 0.336 e. The zero-order chi connectivity index (χ0) is 22.0. The number of carbonyl (C=O) groups excluding carboxylic acids is 1. The van der Waals surface area contributed by atoms with Gasteiger partial charge in [0.15, 0.2) is 5.82 Å². The number of amides is 1. The molecule has 1 aromatic heterocycles. The summed E-state index contributed by atoms with van der Waals surface area (Å²) in [5.74, 6) is 0.610. The van der Waals surface area contributed by atoms with Crippen LogP contribution in [0, 0.1) is 6.92 Å². The third-order valence-corrected chi connectivity index (χ3v) is 5.19. The predicted molar refractivity (Wildman–Crippen MR) is 107 cm³/mol. The zero-order valence-corrected chi connectivity index (χ0v) is 16.9. The molecule has 162 valence electrons. The van der Waals surface area contributed by atoms with E-state index in [9.17, 15) is 18.0 Å². The quantitative estimate of drug-likeness (QED) is 0.626. The van der Waals surface area contributed by atoms with Gasteiger partial charge in [-0.2, -0.15) is 18.2 Å². The third kappa shape index (κ3) is 4.93. The average Bonchev–Trinajstić information content (AvgIpc) is 3.22. The lowest BCUT2D eigenvalue weighted by Crippen LogP contribution is -2.48. The first-order chi connectivity index (χ1) is 14.8. The number of rotatable bonds is 4. The molecule has 2 aromatic carbocycles. The molecule has 2 heterocycles. The van der Waals surface area contributed by atoms with E-state index in [2.05, 4.69) is 15.0 Å². The van der Waals surface area contributed by atoms with Crippen LogP contribution in [0.25, 0.3) is 11.5 Å². The van der Waals surface area contributed by atoms with Crippen molar-refractivity contribution in [2.24, 2.45) is 0 Å². The third-order valence-electron chi connectivity index (χ3n) is 5.19. The van der Waals surface area contributed by atoms with E-state index in [1.807, 2.05) is 31.2 Å². The molecule has 3 aromatic rings. The molecule has 6 nitrogen and oxygen atoms in total. The molecule has 0 atom stereocenters. The summed E-state index contributed by atoms with van der Waals surface area (Å²) in [6.45, 7) is 4.43. The summed E-state index contributed by atoms with van der Waals surface area (Å²) in [5.41, 5.74) is 1.18. The summed E-state index contributed by atoms with van der Waals surface area (Å²) < 4.78 is 44.1. The minimum atomic E-state index is -4.48. The van der Waals surface area contributed by atoms with Crippen LogP contribution >= 0.6 is 0 Å². The molecule has 0 unspecified atom stereocenters. The average molecular weight is 430 g/mol. The van der Waals surface area contributed by atoms with Crippen LogP contribution in [0.2, 0.25) is 0 Å². The molecule has 1 amide bonds. The molecule has 9 heteroatoms. The van der Waals surface area contributed by atoms with Crippen molar-refractivity contribution in [1.82, 2.24) is 19.9 Å². The highest BCUT2D eigenvalue weighted by atomic mass is 19.4. The van der Waals surface area contributed by atoms with Crippen LogP contribution < -0.4 is 0 Å². The van der Waals surface area contributed by atoms with E-state index >= 15 is 0 Å². The molecular formula is C22H21F3N4O2. The minimum absolute atomic E-state index is 0.0456. The van der Waals surface area contributed by atoms with Crippen LogP contribution in [0.15, 0.2) is 53.1 Å². The minimum Gasteiger partial charge on any atom is -0.336 e. The van der Waals surface area contributed by atoms with Crippen LogP contribution in [0.5, 0.6) is 0 Å². The highest BCUT2D eigenvalue weighted by Gasteiger charge is 2.31. The summed E-state index contributed by atoms with van der Waals surface area (Å²) in [5, 5.41) is 4.04. The predicted octanol–water partition coefficient (Wildman–Crippen LogP) is 4.02. The normalized spacial score (nSPS) is 15.3. The maximum absolute atomic E-state index is 12.9. The number of carbonyl (C=O) groups is 1. The molecule has 4 rings (SSSR count). The molecule has 1 aliphatic heterocycles. The summed E-state index contributed by atoms with van der Waals surface area (Å²) >= 11 is 0. The molecule has 0 radical (unpaired) electrons. The van der Waals surface area contributed by atoms with E-state index in [0.717, 1.165) is 23.3 Å². The first kappa shape index (κ1) is 21.0. The molecule has 0 aliphatic carbocycles. The number of aromatic nitrogens is 2. The van der Waals surface area contributed by atoms with Gasteiger partial charge in [-0.25, -0.2) is 0 Å². The van der Waals surface area contributed by atoms with Crippen molar-refractivity contribution in [3.63, 3.8) is 0 Å². The number of halogens is 3. The van der Waals surface area contributed by atoms with Crippen LogP contribution in [0.1, 0.15) is 27.3 Å². The highest BCUT2D eigenvalue weighted by Crippen LogP contribution is 2.30. The number of nitrogens with zero attached hydrogens (tertiary/aromatic N) is 4. The van der Waals surface area contributed by atoms with Crippen molar-refractivity contribution in [1.29, 1.82) is 0 Å². The van der Waals surface area contributed by atoms with Gasteiger partial charge >= 0.3 is 6.18 Å². The number of aryl methyl sites for hydroxylation is 1. The molecule has 0 spiro atoms. The number of piperazine rings is 1. The monoisotopic (exact) mass is 430 g/mol. The second-order valence-corrected chi connectivity index (χ2v) is 7.53. The highest BCUT2D eigenvalue weighted by molar-refractivity contribution is 5.94. The Bertz CT molecular complexity index is 1070. The molecule has 0 N–H and O–H groups in total. The van der Waals surface area contributed by atoms with Gasteiger partial charge in [-0.1, -0.05) is 28.9 Å². The summed E-state index contributed by atoms with van der Waals surface area (Å²) in [6.07, 6.45) is -4.48. The molecule has 31 heavy (non-hydrogen) atoms.